The zero-order chi connectivity index (χ0) is 20.5. The lowest BCUT2D eigenvalue weighted by Gasteiger charge is -2.32. The molecule has 2 aliphatic heterocycles. The second-order valence-corrected chi connectivity index (χ2v) is 8.17. The molecule has 3 heterocycles. The van der Waals surface area contributed by atoms with Crippen molar-refractivity contribution in [2.75, 3.05) is 33.2 Å². The molecule has 2 aromatic rings. The Balaban J connectivity index is 1.53. The number of rotatable bonds is 3. The van der Waals surface area contributed by atoms with Crippen LogP contribution in [0.4, 0.5) is 5.69 Å². The third-order valence-corrected chi connectivity index (χ3v) is 5.98. The smallest absolute Gasteiger partial charge is 0.286 e. The quantitative estimate of drug-likeness (QED) is 0.414. The van der Waals surface area contributed by atoms with E-state index in [1.165, 1.54) is 17.8 Å². The van der Waals surface area contributed by atoms with Crippen LogP contribution in [0.2, 0.25) is 5.02 Å². The highest BCUT2D eigenvalue weighted by atomic mass is 35.5. The minimum atomic E-state index is -0.506. The molecule has 29 heavy (non-hydrogen) atoms. The standard InChI is InChI=1S/C19H17ClN4O4S/c1-22-6-8-23(9-7-22)19-21-18(25)17(29-19)11-13-3-5-16(28-13)14-4-2-12(20)10-15(14)24(26)27/h2-5,10-11H,6-9H2,1H3/b17-11+. The number of amidine groups is 1. The Bertz CT molecular complexity index is 1040. The van der Waals surface area contributed by atoms with Crippen LogP contribution in [-0.2, 0) is 4.79 Å². The first-order chi connectivity index (χ1) is 13.9. The fourth-order valence-corrected chi connectivity index (χ4v) is 4.21. The van der Waals surface area contributed by atoms with Crippen molar-refractivity contribution >= 4 is 46.2 Å². The summed E-state index contributed by atoms with van der Waals surface area (Å²) in [7, 11) is 2.07. The van der Waals surface area contributed by atoms with Crippen LogP contribution < -0.4 is 0 Å². The number of furan rings is 1. The zero-order valence-corrected chi connectivity index (χ0v) is 17.1. The summed E-state index contributed by atoms with van der Waals surface area (Å²) >= 11 is 7.18. The second-order valence-electron chi connectivity index (χ2n) is 6.72. The van der Waals surface area contributed by atoms with Crippen LogP contribution in [0.25, 0.3) is 17.4 Å². The third-order valence-electron chi connectivity index (χ3n) is 4.71. The van der Waals surface area contributed by atoms with E-state index in [4.69, 9.17) is 16.0 Å². The summed E-state index contributed by atoms with van der Waals surface area (Å²) < 4.78 is 5.74. The van der Waals surface area contributed by atoms with E-state index in [1.54, 1.807) is 30.3 Å². The first-order valence-electron chi connectivity index (χ1n) is 8.91. The van der Waals surface area contributed by atoms with E-state index < -0.39 is 4.92 Å². The number of carbonyl (C=O) groups excluding carboxylic acids is 1. The number of nitro groups is 1. The summed E-state index contributed by atoms with van der Waals surface area (Å²) in [5.41, 5.74) is 0.182. The van der Waals surface area contributed by atoms with Gasteiger partial charge in [-0.05, 0) is 43.1 Å². The zero-order valence-electron chi connectivity index (χ0n) is 15.5. The largest absolute Gasteiger partial charge is 0.456 e. The van der Waals surface area contributed by atoms with Crippen molar-refractivity contribution in [1.29, 1.82) is 0 Å². The van der Waals surface area contributed by atoms with Gasteiger partial charge in [-0.3, -0.25) is 14.9 Å². The van der Waals surface area contributed by atoms with E-state index in [2.05, 4.69) is 21.8 Å². The molecule has 0 aliphatic carbocycles. The number of nitro benzene ring substituents is 1. The van der Waals surface area contributed by atoms with E-state index in [0.29, 0.717) is 27.2 Å². The number of carbonyl (C=O) groups is 1. The van der Waals surface area contributed by atoms with Crippen LogP contribution in [0.3, 0.4) is 0 Å². The summed E-state index contributed by atoms with van der Waals surface area (Å²) in [6.07, 6.45) is 1.62. The van der Waals surface area contributed by atoms with Crippen LogP contribution in [0.1, 0.15) is 5.76 Å². The summed E-state index contributed by atoms with van der Waals surface area (Å²) in [5, 5.41) is 12.3. The van der Waals surface area contributed by atoms with Crippen molar-refractivity contribution in [1.82, 2.24) is 9.80 Å². The number of hydrogen-bond acceptors (Lipinski definition) is 7. The Kier molecular flexibility index (Phi) is 5.44. The Morgan fingerprint density at radius 1 is 1.24 bits per heavy atom. The fourth-order valence-electron chi connectivity index (χ4n) is 3.10. The van der Waals surface area contributed by atoms with Crippen LogP contribution in [-0.4, -0.2) is 59.0 Å². The minimum Gasteiger partial charge on any atom is -0.456 e. The van der Waals surface area contributed by atoms with Gasteiger partial charge in [0.1, 0.15) is 11.5 Å². The average Bonchev–Trinajstić information content (AvgIpc) is 3.29. The maximum absolute atomic E-state index is 12.3. The predicted octanol–water partition coefficient (Wildman–Crippen LogP) is 3.73. The highest BCUT2D eigenvalue weighted by Gasteiger charge is 2.28. The van der Waals surface area contributed by atoms with Crippen molar-refractivity contribution in [3.63, 3.8) is 0 Å². The molecular formula is C19H17ClN4O4S. The van der Waals surface area contributed by atoms with Gasteiger partial charge < -0.3 is 14.2 Å². The van der Waals surface area contributed by atoms with Gasteiger partial charge in [-0.25, -0.2) is 0 Å². The lowest BCUT2D eigenvalue weighted by atomic mass is 10.1. The number of benzene rings is 1. The highest BCUT2D eigenvalue weighted by Crippen LogP contribution is 2.35. The molecule has 0 unspecified atom stereocenters. The van der Waals surface area contributed by atoms with E-state index in [0.717, 1.165) is 26.2 Å². The highest BCUT2D eigenvalue weighted by molar-refractivity contribution is 8.18. The Labute approximate surface area is 176 Å². The van der Waals surface area contributed by atoms with Gasteiger partial charge >= 0.3 is 0 Å². The number of amides is 1. The molecule has 0 saturated carbocycles. The maximum Gasteiger partial charge on any atom is 0.286 e. The van der Waals surface area contributed by atoms with Gasteiger partial charge in [0.05, 0.1) is 15.4 Å². The number of halogens is 1. The normalized spacial score (nSPS) is 19.1. The molecule has 0 radical (unpaired) electrons. The fraction of sp³-hybridized carbons (Fsp3) is 0.263. The Morgan fingerprint density at radius 2 is 2.00 bits per heavy atom. The topological polar surface area (TPSA) is 92.2 Å². The summed E-state index contributed by atoms with van der Waals surface area (Å²) in [6.45, 7) is 3.50. The van der Waals surface area contributed by atoms with E-state index in [9.17, 15) is 14.9 Å². The van der Waals surface area contributed by atoms with Crippen molar-refractivity contribution < 1.29 is 14.1 Å². The van der Waals surface area contributed by atoms with Crippen LogP contribution in [0.15, 0.2) is 44.6 Å². The Hall–Kier alpha value is -2.62. The number of nitrogens with zero attached hydrogens (tertiary/aromatic N) is 4. The van der Waals surface area contributed by atoms with Gasteiger partial charge in [0, 0.05) is 43.3 Å². The van der Waals surface area contributed by atoms with E-state index in [-0.39, 0.29) is 16.6 Å². The molecule has 0 spiro atoms. The maximum atomic E-state index is 12.3. The monoisotopic (exact) mass is 432 g/mol. The molecule has 1 amide bonds. The van der Waals surface area contributed by atoms with Gasteiger partial charge in [-0.1, -0.05) is 11.6 Å². The first kappa shape index (κ1) is 19.7. The second kappa shape index (κ2) is 8.02. The number of hydrogen-bond donors (Lipinski definition) is 0. The van der Waals surface area contributed by atoms with Gasteiger partial charge in [0.15, 0.2) is 5.17 Å². The molecule has 0 atom stereocenters. The molecule has 1 aromatic carbocycles. The molecule has 1 fully saturated rings. The molecule has 1 saturated heterocycles. The molecule has 4 rings (SSSR count). The number of piperazine rings is 1. The van der Waals surface area contributed by atoms with E-state index >= 15 is 0 Å². The lowest BCUT2D eigenvalue weighted by Crippen LogP contribution is -2.46. The molecular weight excluding hydrogens is 416 g/mol. The number of likely N-dealkylation sites (N-methyl/N-ethyl adjacent to an activating group) is 1. The minimum absolute atomic E-state index is 0.141. The molecule has 150 valence electrons. The summed E-state index contributed by atoms with van der Waals surface area (Å²) in [5.74, 6) is 0.449. The van der Waals surface area contributed by atoms with Gasteiger partial charge in [-0.15, -0.1) is 0 Å². The van der Waals surface area contributed by atoms with Gasteiger partial charge in [0.2, 0.25) is 0 Å². The molecule has 2 aliphatic rings. The van der Waals surface area contributed by atoms with E-state index in [1.807, 2.05) is 0 Å². The molecule has 1 aromatic heterocycles. The summed E-state index contributed by atoms with van der Waals surface area (Å²) in [6, 6.07) is 7.69. The number of aliphatic imine (C=N–C) groups is 1. The lowest BCUT2D eigenvalue weighted by molar-refractivity contribution is -0.384. The average molecular weight is 433 g/mol. The van der Waals surface area contributed by atoms with Crippen molar-refractivity contribution in [3.05, 3.63) is 56.1 Å². The SMILES string of the molecule is CN1CCN(C2=NC(=O)/C(=C\c3ccc(-c4ccc(Cl)cc4[N+](=O)[O-])o3)S2)CC1. The van der Waals surface area contributed by atoms with Gasteiger partial charge in [-0.2, -0.15) is 4.99 Å². The third kappa shape index (κ3) is 4.21. The van der Waals surface area contributed by atoms with Crippen LogP contribution >= 0.6 is 23.4 Å². The first-order valence-corrected chi connectivity index (χ1v) is 10.1. The molecule has 0 bridgehead atoms. The Morgan fingerprint density at radius 3 is 2.72 bits per heavy atom. The van der Waals surface area contributed by atoms with Crippen LogP contribution in [0, 0.1) is 10.1 Å². The number of thioether (sulfide) groups is 1. The molecule has 10 heteroatoms. The predicted molar refractivity (Wildman–Crippen MR) is 113 cm³/mol. The van der Waals surface area contributed by atoms with Crippen molar-refractivity contribution in [3.8, 4) is 11.3 Å². The van der Waals surface area contributed by atoms with Crippen LogP contribution in [0.5, 0.6) is 0 Å². The molecule has 8 nitrogen and oxygen atoms in total. The molecule has 0 N–H and O–H groups in total. The summed E-state index contributed by atoms with van der Waals surface area (Å²) in [4.78, 5) is 32.1. The van der Waals surface area contributed by atoms with Crippen molar-refractivity contribution in [2.24, 2.45) is 4.99 Å². The van der Waals surface area contributed by atoms with Gasteiger partial charge in [0.25, 0.3) is 11.6 Å². The van der Waals surface area contributed by atoms with Crippen molar-refractivity contribution in [2.45, 2.75) is 0 Å².